The zero-order valence-corrected chi connectivity index (χ0v) is 12.6. The number of hydrogen-bond acceptors (Lipinski definition) is 3. The molecular formula is C16H24N2O2. The summed E-state index contributed by atoms with van der Waals surface area (Å²) in [6.45, 7) is 7.66. The number of nitro benzene ring substituents is 1. The van der Waals surface area contributed by atoms with Crippen LogP contribution in [0.3, 0.4) is 0 Å². The Morgan fingerprint density at radius 2 is 1.85 bits per heavy atom. The van der Waals surface area contributed by atoms with E-state index in [4.69, 9.17) is 0 Å². The number of nitrogens with one attached hydrogen (secondary N) is 1. The molecule has 0 heterocycles. The largest absolute Gasteiger partial charge is 0.314 e. The molecule has 0 aromatic heterocycles. The van der Waals surface area contributed by atoms with Gasteiger partial charge in [0.1, 0.15) is 0 Å². The first-order valence-corrected chi connectivity index (χ1v) is 7.56. The van der Waals surface area contributed by atoms with Gasteiger partial charge in [0.15, 0.2) is 0 Å². The predicted molar refractivity (Wildman–Crippen MR) is 80.9 cm³/mol. The minimum atomic E-state index is -0.334. The molecule has 0 spiro atoms. The highest BCUT2D eigenvalue weighted by Crippen LogP contribution is 2.57. The van der Waals surface area contributed by atoms with Crippen LogP contribution in [0.2, 0.25) is 0 Å². The fourth-order valence-corrected chi connectivity index (χ4v) is 3.85. The van der Waals surface area contributed by atoms with Crippen LogP contribution in [0.4, 0.5) is 5.69 Å². The van der Waals surface area contributed by atoms with Crippen LogP contribution in [0.25, 0.3) is 0 Å². The molecule has 2 unspecified atom stereocenters. The summed E-state index contributed by atoms with van der Waals surface area (Å²) in [5.74, 6) is 0.516. The van der Waals surface area contributed by atoms with Gasteiger partial charge in [-0.1, -0.05) is 32.9 Å². The Morgan fingerprint density at radius 3 is 2.30 bits per heavy atom. The third-order valence-corrected chi connectivity index (χ3v) is 5.13. The first-order chi connectivity index (χ1) is 9.58. The van der Waals surface area contributed by atoms with Gasteiger partial charge < -0.3 is 5.32 Å². The molecule has 0 saturated heterocycles. The van der Waals surface area contributed by atoms with Crippen molar-refractivity contribution in [1.82, 2.24) is 5.32 Å². The first kappa shape index (κ1) is 15.0. The molecule has 1 saturated carbocycles. The Bertz CT molecular complexity index is 466. The van der Waals surface area contributed by atoms with Crippen LogP contribution < -0.4 is 5.32 Å². The highest BCUT2D eigenvalue weighted by molar-refractivity contribution is 5.37. The Kier molecular flexibility index (Phi) is 4.43. The number of hydrogen-bond donors (Lipinski definition) is 1. The van der Waals surface area contributed by atoms with Crippen molar-refractivity contribution < 1.29 is 4.92 Å². The Labute approximate surface area is 120 Å². The first-order valence-electron chi connectivity index (χ1n) is 7.56. The maximum absolute atomic E-state index is 10.7. The molecule has 0 amide bonds. The van der Waals surface area contributed by atoms with E-state index in [1.54, 1.807) is 12.1 Å². The van der Waals surface area contributed by atoms with Gasteiger partial charge in [0, 0.05) is 18.2 Å². The second-order valence-corrected chi connectivity index (χ2v) is 5.69. The lowest BCUT2D eigenvalue weighted by Gasteiger charge is -2.56. The second-order valence-electron chi connectivity index (χ2n) is 5.69. The zero-order chi connectivity index (χ0) is 14.8. The Morgan fingerprint density at radius 1 is 1.25 bits per heavy atom. The number of nitro groups is 1. The van der Waals surface area contributed by atoms with Gasteiger partial charge in [-0.2, -0.15) is 0 Å². The Hall–Kier alpha value is -1.42. The highest BCUT2D eigenvalue weighted by atomic mass is 16.6. The van der Waals surface area contributed by atoms with Crippen molar-refractivity contribution in [3.8, 4) is 0 Å². The van der Waals surface area contributed by atoms with Crippen LogP contribution in [0.5, 0.6) is 0 Å². The van der Waals surface area contributed by atoms with Gasteiger partial charge in [-0.3, -0.25) is 10.1 Å². The minimum Gasteiger partial charge on any atom is -0.314 e. The maximum atomic E-state index is 10.7. The molecule has 4 heteroatoms. The summed E-state index contributed by atoms with van der Waals surface area (Å²) in [6, 6.07) is 7.70. The smallest absolute Gasteiger partial charge is 0.269 e. The number of rotatable bonds is 6. The summed E-state index contributed by atoms with van der Waals surface area (Å²) in [5, 5.41) is 14.3. The van der Waals surface area contributed by atoms with Crippen molar-refractivity contribution >= 4 is 5.69 Å². The van der Waals surface area contributed by atoms with Crippen molar-refractivity contribution in [2.75, 3.05) is 6.54 Å². The lowest BCUT2D eigenvalue weighted by Crippen LogP contribution is -2.58. The van der Waals surface area contributed by atoms with Gasteiger partial charge in [0.25, 0.3) is 5.69 Å². The van der Waals surface area contributed by atoms with Crippen molar-refractivity contribution in [2.45, 2.75) is 52.0 Å². The fraction of sp³-hybridized carbons (Fsp3) is 0.625. The van der Waals surface area contributed by atoms with E-state index in [0.717, 1.165) is 25.8 Å². The van der Waals surface area contributed by atoms with Gasteiger partial charge >= 0.3 is 0 Å². The quantitative estimate of drug-likeness (QED) is 0.634. The van der Waals surface area contributed by atoms with Crippen molar-refractivity contribution in [1.29, 1.82) is 0 Å². The van der Waals surface area contributed by atoms with E-state index in [0.29, 0.717) is 17.4 Å². The van der Waals surface area contributed by atoms with Crippen molar-refractivity contribution in [2.24, 2.45) is 5.41 Å². The van der Waals surface area contributed by atoms with Crippen LogP contribution in [-0.2, 0) is 0 Å². The average Bonchev–Trinajstić information content (AvgIpc) is 2.45. The molecule has 110 valence electrons. The fourth-order valence-electron chi connectivity index (χ4n) is 3.85. The number of nitrogens with zero attached hydrogens (tertiary/aromatic N) is 1. The van der Waals surface area contributed by atoms with Gasteiger partial charge in [-0.25, -0.2) is 0 Å². The molecule has 1 fully saturated rings. The van der Waals surface area contributed by atoms with E-state index < -0.39 is 0 Å². The molecule has 0 aliphatic heterocycles. The summed E-state index contributed by atoms with van der Waals surface area (Å²) >= 11 is 0. The van der Waals surface area contributed by atoms with E-state index in [2.05, 4.69) is 26.1 Å². The highest BCUT2D eigenvalue weighted by Gasteiger charge is 2.52. The van der Waals surface area contributed by atoms with Gasteiger partial charge in [-0.15, -0.1) is 0 Å². The molecular weight excluding hydrogens is 252 g/mol. The number of non-ortho nitro benzene ring substituents is 1. The van der Waals surface area contributed by atoms with Gasteiger partial charge in [-0.05, 0) is 42.7 Å². The summed E-state index contributed by atoms with van der Waals surface area (Å²) in [5.41, 5.74) is 1.72. The van der Waals surface area contributed by atoms with Crippen molar-refractivity contribution in [3.05, 3.63) is 39.9 Å². The van der Waals surface area contributed by atoms with Crippen LogP contribution >= 0.6 is 0 Å². The predicted octanol–water partition coefficient (Wildman–Crippen LogP) is 3.87. The molecule has 1 aromatic rings. The molecule has 20 heavy (non-hydrogen) atoms. The molecule has 0 bridgehead atoms. The van der Waals surface area contributed by atoms with E-state index in [-0.39, 0.29) is 10.6 Å². The van der Waals surface area contributed by atoms with Crippen LogP contribution in [0, 0.1) is 15.5 Å². The molecule has 1 aliphatic rings. The SMILES string of the molecule is CCNC1CC(c2ccc([N+](=O)[O-])cc2)C1(CC)CC. The number of benzene rings is 1. The molecule has 1 aromatic carbocycles. The minimum absolute atomic E-state index is 0.176. The van der Waals surface area contributed by atoms with Gasteiger partial charge in [0.05, 0.1) is 4.92 Å². The summed E-state index contributed by atoms with van der Waals surface area (Å²) in [6.07, 6.45) is 3.42. The second kappa shape index (κ2) is 5.92. The van der Waals surface area contributed by atoms with E-state index in [1.165, 1.54) is 5.56 Å². The third-order valence-electron chi connectivity index (χ3n) is 5.13. The normalized spacial score (nSPS) is 24.1. The maximum Gasteiger partial charge on any atom is 0.269 e. The summed E-state index contributed by atoms with van der Waals surface area (Å²) in [4.78, 5) is 10.4. The Balaban J connectivity index is 2.22. The van der Waals surface area contributed by atoms with Gasteiger partial charge in [0.2, 0.25) is 0 Å². The standard InChI is InChI=1S/C16H24N2O2/c1-4-16(5-2)14(11-15(16)17-6-3)12-7-9-13(10-8-12)18(19)20/h7-10,14-15,17H,4-6,11H2,1-3H3. The molecule has 0 radical (unpaired) electrons. The molecule has 4 nitrogen and oxygen atoms in total. The summed E-state index contributed by atoms with van der Waals surface area (Å²) < 4.78 is 0. The topological polar surface area (TPSA) is 55.2 Å². The lowest BCUT2D eigenvalue weighted by molar-refractivity contribution is -0.384. The molecule has 2 rings (SSSR count). The van der Waals surface area contributed by atoms with Crippen LogP contribution in [0.15, 0.2) is 24.3 Å². The van der Waals surface area contributed by atoms with Crippen molar-refractivity contribution in [3.63, 3.8) is 0 Å². The van der Waals surface area contributed by atoms with Crippen LogP contribution in [0.1, 0.15) is 51.5 Å². The lowest BCUT2D eigenvalue weighted by atomic mass is 9.52. The van der Waals surface area contributed by atoms with E-state index >= 15 is 0 Å². The van der Waals surface area contributed by atoms with Crippen LogP contribution in [-0.4, -0.2) is 17.5 Å². The zero-order valence-electron chi connectivity index (χ0n) is 12.6. The summed E-state index contributed by atoms with van der Waals surface area (Å²) in [7, 11) is 0. The monoisotopic (exact) mass is 276 g/mol. The molecule has 2 atom stereocenters. The average molecular weight is 276 g/mol. The van der Waals surface area contributed by atoms with E-state index in [9.17, 15) is 10.1 Å². The third kappa shape index (κ3) is 2.33. The molecule has 1 aliphatic carbocycles. The molecule has 1 N–H and O–H groups in total. The van der Waals surface area contributed by atoms with E-state index in [1.807, 2.05) is 12.1 Å².